The summed E-state index contributed by atoms with van der Waals surface area (Å²) in [5.41, 5.74) is 12.2. The zero-order chi connectivity index (χ0) is 21.1. The maximum atomic E-state index is 5.31. The minimum Gasteiger partial charge on any atom is -0.252 e. The smallest absolute Gasteiger partial charge is 0.0786 e. The lowest BCUT2D eigenvalue weighted by molar-refractivity contribution is 0.648. The van der Waals surface area contributed by atoms with E-state index in [0.29, 0.717) is 11.8 Å². The molecule has 3 aromatic carbocycles. The van der Waals surface area contributed by atoms with E-state index in [-0.39, 0.29) is 0 Å². The van der Waals surface area contributed by atoms with Crippen molar-refractivity contribution in [3.8, 4) is 22.4 Å². The number of rotatable bonds is 4. The Morgan fingerprint density at radius 1 is 0.903 bits per heavy atom. The molecule has 0 spiro atoms. The van der Waals surface area contributed by atoms with Gasteiger partial charge in [-0.2, -0.15) is 0 Å². The highest BCUT2D eigenvalue weighted by atomic mass is 14.7. The highest BCUT2D eigenvalue weighted by Crippen LogP contribution is 2.45. The monoisotopic (exact) mass is 403 g/mol. The molecule has 0 radical (unpaired) electrons. The predicted octanol–water partition coefficient (Wildman–Crippen LogP) is 7.86. The van der Waals surface area contributed by atoms with Crippen LogP contribution in [0.3, 0.4) is 0 Å². The second-order valence-electron chi connectivity index (χ2n) is 10.00. The fraction of sp³-hybridized carbons (Fsp3) is 0.300. The lowest BCUT2D eigenvalue weighted by atomic mass is 9.92. The molecule has 2 aliphatic rings. The van der Waals surface area contributed by atoms with Gasteiger partial charge in [0.1, 0.15) is 0 Å². The summed E-state index contributed by atoms with van der Waals surface area (Å²) in [4.78, 5) is 5.31. The van der Waals surface area contributed by atoms with Crippen molar-refractivity contribution in [1.82, 2.24) is 4.98 Å². The van der Waals surface area contributed by atoms with Gasteiger partial charge in [0.25, 0.3) is 0 Å². The number of pyridine rings is 1. The summed E-state index contributed by atoms with van der Waals surface area (Å²) < 4.78 is 0. The van der Waals surface area contributed by atoms with Crippen LogP contribution in [-0.4, -0.2) is 4.98 Å². The van der Waals surface area contributed by atoms with Crippen LogP contribution in [-0.2, 0) is 12.8 Å². The predicted molar refractivity (Wildman–Crippen MR) is 131 cm³/mol. The molecule has 31 heavy (non-hydrogen) atoms. The van der Waals surface area contributed by atoms with Crippen molar-refractivity contribution in [1.29, 1.82) is 0 Å². The van der Waals surface area contributed by atoms with Crippen molar-refractivity contribution in [2.24, 2.45) is 5.92 Å². The highest BCUT2D eigenvalue weighted by molar-refractivity contribution is 5.98. The Morgan fingerprint density at radius 2 is 1.71 bits per heavy atom. The molecule has 4 aromatic rings. The molecule has 0 N–H and O–H groups in total. The lowest BCUT2D eigenvalue weighted by Gasteiger charge is -2.15. The second kappa shape index (κ2) is 7.05. The summed E-state index contributed by atoms with van der Waals surface area (Å²) in [6, 6.07) is 23.0. The molecular formula is C30H29N. The van der Waals surface area contributed by atoms with Crippen LogP contribution < -0.4 is 0 Å². The first-order valence-electron chi connectivity index (χ1n) is 11.7. The summed E-state index contributed by atoms with van der Waals surface area (Å²) in [7, 11) is 0. The maximum Gasteiger partial charge on any atom is 0.0786 e. The van der Waals surface area contributed by atoms with Gasteiger partial charge in [0.05, 0.1) is 5.69 Å². The first kappa shape index (κ1) is 18.8. The molecule has 6 rings (SSSR count). The minimum absolute atomic E-state index is 0.645. The molecule has 1 heteroatoms. The molecule has 0 aliphatic heterocycles. The maximum absolute atomic E-state index is 5.31. The summed E-state index contributed by atoms with van der Waals surface area (Å²) in [5.74, 6) is 1.31. The number of hydrogen-bond acceptors (Lipinski definition) is 1. The number of aromatic nitrogens is 1. The lowest BCUT2D eigenvalue weighted by Crippen LogP contribution is -1.99. The second-order valence-corrected chi connectivity index (χ2v) is 10.00. The fourth-order valence-electron chi connectivity index (χ4n) is 5.31. The van der Waals surface area contributed by atoms with E-state index in [1.54, 1.807) is 0 Å². The molecule has 1 fully saturated rings. The highest BCUT2D eigenvalue weighted by Gasteiger charge is 2.28. The van der Waals surface area contributed by atoms with Crippen molar-refractivity contribution in [2.75, 3.05) is 0 Å². The SMILES string of the molecule is Cc1cc2c(c(-c3nc(C4CC4)cc4cc(CC(C)C)ccc34)c1)Cc1ccccc1-2. The normalized spacial score (nSPS) is 14.8. The van der Waals surface area contributed by atoms with Crippen LogP contribution in [0.2, 0.25) is 0 Å². The van der Waals surface area contributed by atoms with Gasteiger partial charge in [0, 0.05) is 22.6 Å². The third kappa shape index (κ3) is 3.28. The van der Waals surface area contributed by atoms with Crippen LogP contribution in [0.15, 0.2) is 60.7 Å². The Hall–Kier alpha value is -2.93. The van der Waals surface area contributed by atoms with Crippen LogP contribution >= 0.6 is 0 Å². The van der Waals surface area contributed by atoms with E-state index < -0.39 is 0 Å². The van der Waals surface area contributed by atoms with Crippen LogP contribution in [0.4, 0.5) is 0 Å². The number of fused-ring (bicyclic) bond motifs is 4. The van der Waals surface area contributed by atoms with E-state index in [1.807, 2.05) is 0 Å². The first-order chi connectivity index (χ1) is 15.1. The third-order valence-corrected chi connectivity index (χ3v) is 6.88. The zero-order valence-corrected chi connectivity index (χ0v) is 18.7. The number of hydrogen-bond donors (Lipinski definition) is 0. The quantitative estimate of drug-likeness (QED) is 0.298. The molecule has 1 heterocycles. The molecule has 0 saturated heterocycles. The fourth-order valence-corrected chi connectivity index (χ4v) is 5.31. The molecule has 0 bridgehead atoms. The van der Waals surface area contributed by atoms with E-state index in [1.165, 1.54) is 73.9 Å². The van der Waals surface area contributed by atoms with Gasteiger partial charge in [-0.3, -0.25) is 4.98 Å². The van der Waals surface area contributed by atoms with Gasteiger partial charge in [-0.1, -0.05) is 62.4 Å². The van der Waals surface area contributed by atoms with Gasteiger partial charge in [0.2, 0.25) is 0 Å². The zero-order valence-electron chi connectivity index (χ0n) is 18.7. The Labute approximate surface area is 185 Å². The number of nitrogens with zero attached hydrogens (tertiary/aromatic N) is 1. The molecule has 154 valence electrons. The molecule has 1 saturated carbocycles. The summed E-state index contributed by atoms with van der Waals surface area (Å²) in [6.07, 6.45) is 4.69. The Morgan fingerprint density at radius 3 is 2.52 bits per heavy atom. The van der Waals surface area contributed by atoms with Crippen molar-refractivity contribution in [3.05, 3.63) is 88.6 Å². The van der Waals surface area contributed by atoms with Gasteiger partial charge >= 0.3 is 0 Å². The van der Waals surface area contributed by atoms with E-state index in [9.17, 15) is 0 Å². The van der Waals surface area contributed by atoms with Crippen LogP contribution in [0.1, 0.15) is 60.6 Å². The summed E-state index contributed by atoms with van der Waals surface area (Å²) >= 11 is 0. The van der Waals surface area contributed by atoms with Gasteiger partial charge in [0.15, 0.2) is 0 Å². The van der Waals surface area contributed by atoms with Gasteiger partial charge < -0.3 is 0 Å². The van der Waals surface area contributed by atoms with Gasteiger partial charge in [-0.05, 0) is 89.4 Å². The molecule has 1 nitrogen and oxygen atoms in total. The van der Waals surface area contributed by atoms with Gasteiger partial charge in [-0.15, -0.1) is 0 Å². The van der Waals surface area contributed by atoms with Crippen LogP contribution in [0.25, 0.3) is 33.2 Å². The van der Waals surface area contributed by atoms with Crippen molar-refractivity contribution < 1.29 is 0 Å². The Kier molecular flexibility index (Phi) is 4.28. The van der Waals surface area contributed by atoms with Crippen molar-refractivity contribution in [3.63, 3.8) is 0 Å². The van der Waals surface area contributed by atoms with Gasteiger partial charge in [-0.25, -0.2) is 0 Å². The Bertz CT molecular complexity index is 1320. The molecular weight excluding hydrogens is 374 g/mol. The minimum atomic E-state index is 0.645. The first-order valence-corrected chi connectivity index (χ1v) is 11.7. The molecule has 0 atom stereocenters. The molecule has 0 amide bonds. The summed E-state index contributed by atoms with van der Waals surface area (Å²) in [5, 5.41) is 2.65. The van der Waals surface area contributed by atoms with E-state index in [0.717, 1.165) is 12.8 Å². The van der Waals surface area contributed by atoms with Crippen molar-refractivity contribution in [2.45, 2.75) is 52.4 Å². The standard InChI is InChI=1S/C30H29N/c1-18(2)12-20-8-11-25-23(15-20)17-29(21-9-10-21)31-30(25)28-14-19(3)13-26-24-7-5-4-6-22(24)16-27(26)28/h4-8,11,13-15,17-18,21H,9-10,12,16H2,1-3H3. The number of benzene rings is 3. The van der Waals surface area contributed by atoms with E-state index in [4.69, 9.17) is 4.98 Å². The Balaban J connectivity index is 1.59. The van der Waals surface area contributed by atoms with E-state index >= 15 is 0 Å². The average molecular weight is 404 g/mol. The topological polar surface area (TPSA) is 12.9 Å². The van der Waals surface area contributed by atoms with Crippen LogP contribution in [0, 0.1) is 12.8 Å². The average Bonchev–Trinajstić information content (AvgIpc) is 3.53. The largest absolute Gasteiger partial charge is 0.252 e. The van der Waals surface area contributed by atoms with Crippen molar-refractivity contribution >= 4 is 10.8 Å². The molecule has 0 unspecified atom stereocenters. The molecule has 1 aromatic heterocycles. The number of aryl methyl sites for hydroxylation is 1. The van der Waals surface area contributed by atoms with Crippen LogP contribution in [0.5, 0.6) is 0 Å². The molecule has 2 aliphatic carbocycles. The van der Waals surface area contributed by atoms with E-state index in [2.05, 4.69) is 81.4 Å². The summed E-state index contributed by atoms with van der Waals surface area (Å²) in [6.45, 7) is 6.81. The third-order valence-electron chi connectivity index (χ3n) is 6.88.